The van der Waals surface area contributed by atoms with Crippen LogP contribution in [0, 0.1) is 0 Å². The van der Waals surface area contributed by atoms with Gasteiger partial charge in [0, 0.05) is 26.1 Å². The molecule has 0 saturated carbocycles. The monoisotopic (exact) mass is 343 g/mol. The molecule has 1 aliphatic rings. The zero-order chi connectivity index (χ0) is 16.1. The van der Waals surface area contributed by atoms with Crippen LogP contribution in [0.5, 0.6) is 0 Å². The van der Waals surface area contributed by atoms with Crippen LogP contribution >= 0.6 is 22.9 Å². The van der Waals surface area contributed by atoms with Gasteiger partial charge in [0.05, 0.1) is 9.21 Å². The van der Waals surface area contributed by atoms with E-state index in [9.17, 15) is 4.79 Å². The Hall–Kier alpha value is -1.11. The van der Waals surface area contributed by atoms with Crippen molar-refractivity contribution in [3.8, 4) is 0 Å². The SMILES string of the molecule is CCCN(CCN(C)C)C(=O)[C@H]1CC(c2ccc(Cl)s2)=NO1. The Morgan fingerprint density at radius 2 is 2.18 bits per heavy atom. The summed E-state index contributed by atoms with van der Waals surface area (Å²) in [5, 5.41) is 4.07. The lowest BCUT2D eigenvalue weighted by atomic mass is 10.1. The van der Waals surface area contributed by atoms with Gasteiger partial charge in [-0.05, 0) is 32.6 Å². The van der Waals surface area contributed by atoms with E-state index >= 15 is 0 Å². The Morgan fingerprint density at radius 1 is 1.41 bits per heavy atom. The van der Waals surface area contributed by atoms with E-state index in [0.717, 1.165) is 30.1 Å². The summed E-state index contributed by atoms with van der Waals surface area (Å²) < 4.78 is 0.714. The number of carbonyl (C=O) groups excluding carboxylic acids is 1. The number of rotatable bonds is 7. The van der Waals surface area contributed by atoms with Crippen LogP contribution in [0.2, 0.25) is 4.34 Å². The highest BCUT2D eigenvalue weighted by molar-refractivity contribution is 7.18. The average Bonchev–Trinajstić information content (AvgIpc) is 3.11. The summed E-state index contributed by atoms with van der Waals surface area (Å²) in [7, 11) is 4.00. The second-order valence-electron chi connectivity index (χ2n) is 5.57. The molecule has 122 valence electrons. The quantitative estimate of drug-likeness (QED) is 0.764. The highest BCUT2D eigenvalue weighted by Gasteiger charge is 2.32. The maximum Gasteiger partial charge on any atom is 0.266 e. The van der Waals surface area contributed by atoms with Crippen LogP contribution < -0.4 is 0 Å². The summed E-state index contributed by atoms with van der Waals surface area (Å²) in [4.78, 5) is 22.9. The largest absolute Gasteiger partial charge is 0.382 e. The molecule has 2 rings (SSSR count). The predicted molar refractivity (Wildman–Crippen MR) is 90.8 cm³/mol. The van der Waals surface area contributed by atoms with Crippen LogP contribution in [0.4, 0.5) is 0 Å². The minimum Gasteiger partial charge on any atom is -0.382 e. The fraction of sp³-hybridized carbons (Fsp3) is 0.600. The van der Waals surface area contributed by atoms with Crippen LogP contribution in [-0.2, 0) is 9.63 Å². The van der Waals surface area contributed by atoms with Crippen molar-refractivity contribution in [1.82, 2.24) is 9.80 Å². The fourth-order valence-corrected chi connectivity index (χ4v) is 3.28. The van der Waals surface area contributed by atoms with Gasteiger partial charge >= 0.3 is 0 Å². The molecular weight excluding hydrogens is 322 g/mol. The number of hydrogen-bond acceptors (Lipinski definition) is 5. The summed E-state index contributed by atoms with van der Waals surface area (Å²) in [6.45, 7) is 4.36. The molecule has 1 amide bonds. The van der Waals surface area contributed by atoms with Crippen LogP contribution in [0.25, 0.3) is 0 Å². The van der Waals surface area contributed by atoms with Gasteiger partial charge in [0.15, 0.2) is 0 Å². The standard InChI is InChI=1S/C15H22ClN3O2S/c1-4-7-19(9-8-18(2)3)15(20)12-10-11(17-21-12)13-5-6-14(16)22-13/h5-6,12H,4,7-10H2,1-3H3/t12-/m1/s1. The van der Waals surface area contributed by atoms with Crippen LogP contribution in [0.3, 0.4) is 0 Å². The number of likely N-dealkylation sites (N-methyl/N-ethyl adjacent to an activating group) is 1. The van der Waals surface area contributed by atoms with Crippen molar-refractivity contribution in [3.05, 3.63) is 21.3 Å². The van der Waals surface area contributed by atoms with Gasteiger partial charge < -0.3 is 14.6 Å². The normalized spacial score (nSPS) is 17.5. The van der Waals surface area contributed by atoms with E-state index in [-0.39, 0.29) is 5.91 Å². The minimum atomic E-state index is -0.510. The second-order valence-corrected chi connectivity index (χ2v) is 7.28. The summed E-state index contributed by atoms with van der Waals surface area (Å²) in [6, 6.07) is 3.75. The average molecular weight is 344 g/mol. The maximum absolute atomic E-state index is 12.6. The summed E-state index contributed by atoms with van der Waals surface area (Å²) in [6.07, 6.45) is 0.933. The van der Waals surface area contributed by atoms with Crippen LogP contribution in [-0.4, -0.2) is 61.3 Å². The first-order valence-corrected chi connectivity index (χ1v) is 8.62. The van der Waals surface area contributed by atoms with E-state index in [0.29, 0.717) is 17.3 Å². The molecule has 1 aromatic rings. The van der Waals surface area contributed by atoms with Crippen molar-refractivity contribution in [2.24, 2.45) is 5.16 Å². The molecule has 1 aliphatic heterocycles. The van der Waals surface area contributed by atoms with E-state index in [1.165, 1.54) is 11.3 Å². The Balaban J connectivity index is 1.95. The van der Waals surface area contributed by atoms with Crippen molar-refractivity contribution in [1.29, 1.82) is 0 Å². The molecule has 0 spiro atoms. The number of carbonyl (C=O) groups is 1. The van der Waals surface area contributed by atoms with Crippen LogP contribution in [0.15, 0.2) is 17.3 Å². The third-order valence-corrected chi connectivity index (χ3v) is 4.70. The molecule has 0 N–H and O–H groups in total. The summed E-state index contributed by atoms with van der Waals surface area (Å²) in [5.74, 6) is 0.0186. The molecule has 0 unspecified atom stereocenters. The molecule has 2 heterocycles. The molecule has 0 radical (unpaired) electrons. The molecule has 0 fully saturated rings. The summed E-state index contributed by atoms with van der Waals surface area (Å²) in [5.41, 5.74) is 0.805. The van der Waals surface area contributed by atoms with Gasteiger partial charge in [-0.25, -0.2) is 0 Å². The van der Waals surface area contributed by atoms with Crippen molar-refractivity contribution < 1.29 is 9.63 Å². The van der Waals surface area contributed by atoms with Crippen molar-refractivity contribution in [2.45, 2.75) is 25.9 Å². The number of oxime groups is 1. The van der Waals surface area contributed by atoms with Crippen molar-refractivity contribution in [3.63, 3.8) is 0 Å². The predicted octanol–water partition coefficient (Wildman–Crippen LogP) is 2.69. The number of nitrogens with zero attached hydrogens (tertiary/aromatic N) is 3. The molecule has 0 bridgehead atoms. The zero-order valence-corrected chi connectivity index (χ0v) is 14.8. The van der Waals surface area contributed by atoms with Crippen LogP contribution in [0.1, 0.15) is 24.6 Å². The van der Waals surface area contributed by atoms with Crippen molar-refractivity contribution in [2.75, 3.05) is 33.7 Å². The number of hydrogen-bond donors (Lipinski definition) is 0. The lowest BCUT2D eigenvalue weighted by Gasteiger charge is -2.25. The maximum atomic E-state index is 12.6. The first kappa shape index (κ1) is 17.2. The zero-order valence-electron chi connectivity index (χ0n) is 13.2. The van der Waals surface area contributed by atoms with E-state index in [2.05, 4.69) is 17.0 Å². The molecule has 22 heavy (non-hydrogen) atoms. The molecule has 1 aromatic heterocycles. The van der Waals surface area contributed by atoms with E-state index < -0.39 is 6.10 Å². The third kappa shape index (κ3) is 4.44. The van der Waals surface area contributed by atoms with Gasteiger partial charge in [-0.1, -0.05) is 23.7 Å². The van der Waals surface area contributed by atoms with Gasteiger partial charge in [0.1, 0.15) is 5.71 Å². The number of thiophene rings is 1. The van der Waals surface area contributed by atoms with E-state index in [1.807, 2.05) is 31.1 Å². The Morgan fingerprint density at radius 3 is 2.77 bits per heavy atom. The molecule has 1 atom stereocenters. The Bertz CT molecular complexity index is 545. The molecule has 0 saturated heterocycles. The second kappa shape index (κ2) is 7.94. The van der Waals surface area contributed by atoms with Gasteiger partial charge in [-0.3, -0.25) is 4.79 Å². The van der Waals surface area contributed by atoms with Gasteiger partial charge in [-0.2, -0.15) is 0 Å². The lowest BCUT2D eigenvalue weighted by molar-refractivity contribution is -0.142. The molecule has 5 nitrogen and oxygen atoms in total. The number of halogens is 1. The number of amides is 1. The van der Waals surface area contributed by atoms with Gasteiger partial charge in [0.25, 0.3) is 5.91 Å². The summed E-state index contributed by atoms with van der Waals surface area (Å²) >= 11 is 7.40. The first-order valence-electron chi connectivity index (χ1n) is 7.43. The lowest BCUT2D eigenvalue weighted by Crippen LogP contribution is -2.43. The Labute approximate surface area is 140 Å². The smallest absolute Gasteiger partial charge is 0.266 e. The highest BCUT2D eigenvalue weighted by atomic mass is 35.5. The molecular formula is C15H22ClN3O2S. The molecule has 0 aromatic carbocycles. The Kier molecular flexibility index (Phi) is 6.23. The third-order valence-electron chi connectivity index (χ3n) is 3.42. The van der Waals surface area contributed by atoms with E-state index in [1.54, 1.807) is 0 Å². The topological polar surface area (TPSA) is 45.1 Å². The highest BCUT2D eigenvalue weighted by Crippen LogP contribution is 2.26. The minimum absolute atomic E-state index is 0.0186. The van der Waals surface area contributed by atoms with Crippen molar-refractivity contribution >= 4 is 34.6 Å². The van der Waals surface area contributed by atoms with Gasteiger partial charge in [-0.15, -0.1) is 11.3 Å². The van der Waals surface area contributed by atoms with E-state index in [4.69, 9.17) is 16.4 Å². The molecule has 7 heteroatoms. The molecule has 0 aliphatic carbocycles. The fourth-order valence-electron chi connectivity index (χ4n) is 2.25. The van der Waals surface area contributed by atoms with Gasteiger partial charge in [0.2, 0.25) is 6.10 Å². The first-order chi connectivity index (χ1) is 10.5.